The van der Waals surface area contributed by atoms with Gasteiger partial charge in [-0.15, -0.1) is 0 Å². The summed E-state index contributed by atoms with van der Waals surface area (Å²) in [7, 11) is -4.98. The van der Waals surface area contributed by atoms with Gasteiger partial charge >= 0.3 is 13.8 Å². The topological polar surface area (TPSA) is 192 Å². The van der Waals surface area contributed by atoms with Gasteiger partial charge in [-0.05, 0) is 30.1 Å². The van der Waals surface area contributed by atoms with Crippen molar-refractivity contribution in [3.05, 3.63) is 0 Å². The third-order valence-electron chi connectivity index (χ3n) is 7.95. The number of carbonyl (C=O) groups is 1. The summed E-state index contributed by atoms with van der Waals surface area (Å²) in [6, 6.07) is 0. The molecule has 12 nitrogen and oxygen atoms in total. The van der Waals surface area contributed by atoms with Crippen LogP contribution in [-0.2, 0) is 27.9 Å². The standard InChI is InChI=1S/C29H57O12P/c1-19(2)9-6-10-20(3)11-7-12-21(4)13-8-14-22(5)15-16-38-24(28(34)35)18-39-42(36,37)41-29-27(33)26(32)25(31)23(17-30)40-29/h19-27,29-33H,6-18H2,1-5H3,(H,34,35)(H,36,37)/t20-,21-,22-,23-,24-,25-,26+,27-,29-/m1/s1. The van der Waals surface area contributed by atoms with Gasteiger partial charge in [0.15, 0.2) is 12.4 Å². The third-order valence-corrected chi connectivity index (χ3v) is 8.90. The second kappa shape index (κ2) is 20.4. The number of aliphatic carboxylic acids is 1. The summed E-state index contributed by atoms with van der Waals surface area (Å²) in [5.41, 5.74) is 0. The maximum Gasteiger partial charge on any atom is 0.474 e. The molecule has 10 atom stereocenters. The number of aliphatic hydroxyl groups excluding tert-OH is 4. The number of ether oxygens (including phenoxy) is 2. The zero-order chi connectivity index (χ0) is 31.9. The smallest absolute Gasteiger partial charge is 0.474 e. The number of hydrogen-bond acceptors (Lipinski definition) is 10. The van der Waals surface area contributed by atoms with E-state index in [1.54, 1.807) is 0 Å². The Morgan fingerprint density at radius 1 is 0.810 bits per heavy atom. The minimum atomic E-state index is -4.98. The number of aliphatic hydroxyl groups is 4. The van der Waals surface area contributed by atoms with Crippen molar-refractivity contribution in [3.8, 4) is 0 Å². The normalized spacial score (nSPS) is 27.4. The first-order valence-electron chi connectivity index (χ1n) is 15.5. The fourth-order valence-corrected chi connectivity index (χ4v) is 5.84. The summed E-state index contributed by atoms with van der Waals surface area (Å²) >= 11 is 0. The van der Waals surface area contributed by atoms with Crippen molar-refractivity contribution >= 4 is 13.8 Å². The predicted octanol–water partition coefficient (Wildman–Crippen LogP) is 3.86. The molecule has 6 N–H and O–H groups in total. The minimum absolute atomic E-state index is 0.120. The zero-order valence-corrected chi connectivity index (χ0v) is 26.9. The van der Waals surface area contributed by atoms with Gasteiger partial charge in [-0.3, -0.25) is 9.05 Å². The molecule has 0 spiro atoms. The third kappa shape index (κ3) is 15.9. The summed E-state index contributed by atoms with van der Waals surface area (Å²) < 4.78 is 32.2. The van der Waals surface area contributed by atoms with Crippen LogP contribution in [0.3, 0.4) is 0 Å². The molecule has 0 bridgehead atoms. The highest BCUT2D eigenvalue weighted by Crippen LogP contribution is 2.46. The predicted molar refractivity (Wildman–Crippen MR) is 157 cm³/mol. The Morgan fingerprint density at radius 3 is 1.79 bits per heavy atom. The zero-order valence-electron chi connectivity index (χ0n) is 26.0. The van der Waals surface area contributed by atoms with Crippen molar-refractivity contribution in [1.82, 2.24) is 0 Å². The van der Waals surface area contributed by atoms with Crippen molar-refractivity contribution in [2.75, 3.05) is 19.8 Å². The van der Waals surface area contributed by atoms with E-state index in [1.807, 2.05) is 0 Å². The van der Waals surface area contributed by atoms with Crippen LogP contribution in [0.5, 0.6) is 0 Å². The molecule has 13 heteroatoms. The van der Waals surface area contributed by atoms with Crippen molar-refractivity contribution in [1.29, 1.82) is 0 Å². The van der Waals surface area contributed by atoms with Gasteiger partial charge in [0.2, 0.25) is 0 Å². The van der Waals surface area contributed by atoms with Crippen LogP contribution in [0.2, 0.25) is 0 Å². The second-order valence-electron chi connectivity index (χ2n) is 12.6. The number of rotatable bonds is 23. The molecular formula is C29H57O12P. The van der Waals surface area contributed by atoms with Crippen molar-refractivity contribution in [3.63, 3.8) is 0 Å². The van der Waals surface area contributed by atoms with E-state index in [0.29, 0.717) is 18.3 Å². The molecule has 1 aliphatic heterocycles. The highest BCUT2D eigenvalue weighted by Gasteiger charge is 2.47. The molecule has 1 saturated heterocycles. The minimum Gasteiger partial charge on any atom is -0.479 e. The van der Waals surface area contributed by atoms with E-state index in [0.717, 1.165) is 31.1 Å². The summed E-state index contributed by atoms with van der Waals surface area (Å²) in [5.74, 6) is 1.16. The van der Waals surface area contributed by atoms with Gasteiger partial charge in [-0.25, -0.2) is 9.36 Å². The van der Waals surface area contributed by atoms with Gasteiger partial charge in [-0.2, -0.15) is 0 Å². The average Bonchev–Trinajstić information content (AvgIpc) is 2.90. The Labute approximate surface area is 251 Å². The van der Waals surface area contributed by atoms with Crippen LogP contribution in [0.4, 0.5) is 0 Å². The molecule has 42 heavy (non-hydrogen) atoms. The largest absolute Gasteiger partial charge is 0.479 e. The molecule has 0 amide bonds. The summed E-state index contributed by atoms with van der Waals surface area (Å²) in [6.45, 7) is 9.83. The highest BCUT2D eigenvalue weighted by molar-refractivity contribution is 7.47. The van der Waals surface area contributed by atoms with Crippen LogP contribution < -0.4 is 0 Å². The molecule has 1 heterocycles. The summed E-state index contributed by atoms with van der Waals surface area (Å²) in [4.78, 5) is 21.6. The molecule has 1 aliphatic rings. The van der Waals surface area contributed by atoms with Gasteiger partial charge in [0, 0.05) is 6.61 Å². The fourth-order valence-electron chi connectivity index (χ4n) is 5.02. The van der Waals surface area contributed by atoms with Crippen LogP contribution in [0.15, 0.2) is 0 Å². The second-order valence-corrected chi connectivity index (χ2v) is 14.0. The van der Waals surface area contributed by atoms with Gasteiger partial charge < -0.3 is 39.9 Å². The molecule has 1 rings (SSSR count). The number of hydrogen-bond donors (Lipinski definition) is 6. The molecule has 0 aromatic heterocycles. The Bertz CT molecular complexity index is 782. The lowest BCUT2D eigenvalue weighted by Crippen LogP contribution is -2.58. The molecular weight excluding hydrogens is 571 g/mol. The van der Waals surface area contributed by atoms with E-state index in [4.69, 9.17) is 18.5 Å². The Hall–Kier alpha value is -0.660. The SMILES string of the molecule is CC(C)CCC[C@@H](C)CCC[C@@H](C)CCC[C@@H](C)CCO[C@H](COP(=O)(O)O[C@H]1O[C@H](CO)[C@@H](O)[C@H](O)[C@H]1O)C(=O)O. The van der Waals surface area contributed by atoms with E-state index >= 15 is 0 Å². The first-order chi connectivity index (χ1) is 19.7. The molecule has 1 unspecified atom stereocenters. The Balaban J connectivity index is 2.30. The highest BCUT2D eigenvalue weighted by atomic mass is 31.2. The van der Waals surface area contributed by atoms with Crippen LogP contribution in [-0.4, -0.2) is 93.0 Å². The number of carboxylic acid groups (broad SMARTS) is 1. The maximum absolute atomic E-state index is 12.3. The monoisotopic (exact) mass is 628 g/mol. The molecule has 250 valence electrons. The van der Waals surface area contributed by atoms with Crippen LogP contribution in [0.25, 0.3) is 0 Å². The number of phosphoric acid groups is 1. The summed E-state index contributed by atoms with van der Waals surface area (Å²) in [5, 5.41) is 48.2. The van der Waals surface area contributed by atoms with E-state index in [2.05, 4.69) is 34.6 Å². The maximum atomic E-state index is 12.3. The van der Waals surface area contributed by atoms with Gasteiger partial charge in [0.05, 0.1) is 13.2 Å². The van der Waals surface area contributed by atoms with E-state index in [1.165, 1.54) is 38.5 Å². The first-order valence-corrected chi connectivity index (χ1v) is 17.0. The Kier molecular flexibility index (Phi) is 19.1. The van der Waals surface area contributed by atoms with Crippen LogP contribution in [0, 0.1) is 23.7 Å². The lowest BCUT2D eigenvalue weighted by atomic mass is 9.91. The lowest BCUT2D eigenvalue weighted by molar-refractivity contribution is -0.281. The Morgan fingerprint density at radius 2 is 1.31 bits per heavy atom. The molecule has 0 aromatic rings. The molecule has 0 aromatic carbocycles. The van der Waals surface area contributed by atoms with Crippen LogP contribution in [0.1, 0.15) is 98.8 Å². The molecule has 0 radical (unpaired) electrons. The molecule has 0 aliphatic carbocycles. The molecule has 1 fully saturated rings. The van der Waals surface area contributed by atoms with E-state index in [-0.39, 0.29) is 6.61 Å². The fraction of sp³-hybridized carbons (Fsp3) is 0.966. The van der Waals surface area contributed by atoms with E-state index in [9.17, 15) is 39.8 Å². The molecule has 0 saturated carbocycles. The average molecular weight is 629 g/mol. The summed E-state index contributed by atoms with van der Waals surface area (Å²) in [6.07, 6.45) is 1.35. The van der Waals surface area contributed by atoms with Crippen LogP contribution >= 0.6 is 7.82 Å². The van der Waals surface area contributed by atoms with E-state index < -0.39 is 63.8 Å². The number of carboxylic acids is 1. The quantitative estimate of drug-likeness (QED) is 0.0897. The van der Waals surface area contributed by atoms with Gasteiger partial charge in [0.1, 0.15) is 24.4 Å². The number of phosphoric ester groups is 1. The van der Waals surface area contributed by atoms with Crippen molar-refractivity contribution in [2.24, 2.45) is 23.7 Å². The lowest BCUT2D eigenvalue weighted by Gasteiger charge is -2.39. The van der Waals surface area contributed by atoms with Gasteiger partial charge in [-0.1, -0.05) is 92.4 Å². The van der Waals surface area contributed by atoms with Crippen molar-refractivity contribution in [2.45, 2.75) is 136 Å². The first kappa shape index (κ1) is 39.4. The van der Waals surface area contributed by atoms with Crippen molar-refractivity contribution < 1.29 is 58.3 Å². The van der Waals surface area contributed by atoms with Gasteiger partial charge in [0.25, 0.3) is 0 Å².